The zero-order valence-corrected chi connectivity index (χ0v) is 19.9. The summed E-state index contributed by atoms with van der Waals surface area (Å²) in [6, 6.07) is 13.8. The fourth-order valence-corrected chi connectivity index (χ4v) is 4.72. The van der Waals surface area contributed by atoms with Gasteiger partial charge >= 0.3 is 0 Å². The van der Waals surface area contributed by atoms with E-state index in [4.69, 9.17) is 23.8 Å². The van der Waals surface area contributed by atoms with Crippen molar-refractivity contribution in [2.75, 3.05) is 23.3 Å². The number of halogens is 1. The summed E-state index contributed by atoms with van der Waals surface area (Å²) < 4.78 is 0. The van der Waals surface area contributed by atoms with Gasteiger partial charge in [0.1, 0.15) is 6.04 Å². The van der Waals surface area contributed by atoms with Gasteiger partial charge in [0.2, 0.25) is 11.8 Å². The van der Waals surface area contributed by atoms with Crippen LogP contribution in [0.5, 0.6) is 0 Å². The van der Waals surface area contributed by atoms with Crippen molar-refractivity contribution in [3.05, 3.63) is 59.1 Å². The Kier molecular flexibility index (Phi) is 6.95. The Morgan fingerprint density at radius 2 is 1.82 bits per heavy atom. The number of anilines is 2. The lowest BCUT2D eigenvalue weighted by Crippen LogP contribution is -2.37. The number of amides is 3. The van der Waals surface area contributed by atoms with E-state index in [9.17, 15) is 14.4 Å². The first kappa shape index (κ1) is 23.2. The maximum atomic E-state index is 13.0. The molecule has 9 heteroatoms. The second-order valence-electron chi connectivity index (χ2n) is 8.08. The Morgan fingerprint density at radius 1 is 1.12 bits per heavy atom. The first-order chi connectivity index (χ1) is 15.9. The molecule has 4 rings (SSSR count). The minimum atomic E-state index is -0.676. The lowest BCUT2D eigenvalue weighted by Gasteiger charge is -2.24. The minimum Gasteiger partial charge on any atom is -0.332 e. The molecule has 2 saturated heterocycles. The van der Waals surface area contributed by atoms with Crippen LogP contribution in [0.3, 0.4) is 0 Å². The fourth-order valence-electron chi connectivity index (χ4n) is 4.18. The number of nitrogens with one attached hydrogen (secondary N) is 1. The van der Waals surface area contributed by atoms with Crippen LogP contribution in [0.2, 0.25) is 5.02 Å². The van der Waals surface area contributed by atoms with Gasteiger partial charge in [-0.1, -0.05) is 23.7 Å². The van der Waals surface area contributed by atoms with Gasteiger partial charge in [-0.15, -0.1) is 0 Å². The van der Waals surface area contributed by atoms with Crippen molar-refractivity contribution < 1.29 is 14.4 Å². The van der Waals surface area contributed by atoms with E-state index in [0.29, 0.717) is 35.3 Å². The van der Waals surface area contributed by atoms with Crippen LogP contribution in [0, 0.1) is 0 Å². The van der Waals surface area contributed by atoms with E-state index < -0.39 is 6.04 Å². The molecule has 0 bridgehead atoms. The summed E-state index contributed by atoms with van der Waals surface area (Å²) in [4.78, 5) is 42.8. The molecule has 2 aromatic rings. The first-order valence-electron chi connectivity index (χ1n) is 10.9. The summed E-state index contributed by atoms with van der Waals surface area (Å²) in [5, 5.41) is 3.82. The standard InChI is InChI=1S/C24H25ClN4O3S/c1-2-27-23(32)20(14-21(30)26-18-9-7-17(25)8-10-18)29(24(27)33)15-16-5-11-19(12-6-16)28-13-3-4-22(28)31/h5-12,20H,2-4,13-15H2,1H3,(H,26,30). The van der Waals surface area contributed by atoms with Gasteiger partial charge in [-0.25, -0.2) is 0 Å². The molecule has 2 aliphatic heterocycles. The van der Waals surface area contributed by atoms with Crippen LogP contribution in [0.15, 0.2) is 48.5 Å². The molecule has 2 aliphatic rings. The largest absolute Gasteiger partial charge is 0.332 e. The van der Waals surface area contributed by atoms with Gasteiger partial charge in [0.15, 0.2) is 5.11 Å². The molecule has 1 atom stereocenters. The van der Waals surface area contributed by atoms with Crippen LogP contribution < -0.4 is 10.2 Å². The second-order valence-corrected chi connectivity index (χ2v) is 8.88. The highest BCUT2D eigenvalue weighted by molar-refractivity contribution is 7.80. The molecule has 0 saturated carbocycles. The molecule has 0 aliphatic carbocycles. The summed E-state index contributed by atoms with van der Waals surface area (Å²) >= 11 is 11.5. The minimum absolute atomic E-state index is 0.0154. The van der Waals surface area contributed by atoms with E-state index in [0.717, 1.165) is 24.2 Å². The summed E-state index contributed by atoms with van der Waals surface area (Å²) in [7, 11) is 0. The van der Waals surface area contributed by atoms with Crippen molar-refractivity contribution in [2.24, 2.45) is 0 Å². The van der Waals surface area contributed by atoms with Crippen LogP contribution >= 0.6 is 23.8 Å². The molecule has 1 unspecified atom stereocenters. The highest BCUT2D eigenvalue weighted by Gasteiger charge is 2.42. The zero-order valence-electron chi connectivity index (χ0n) is 18.3. The average Bonchev–Trinajstić information content (AvgIpc) is 3.32. The number of benzene rings is 2. The molecule has 2 fully saturated rings. The molecule has 0 aromatic heterocycles. The average molecular weight is 485 g/mol. The van der Waals surface area contributed by atoms with Gasteiger partial charge in [0.05, 0.1) is 6.42 Å². The monoisotopic (exact) mass is 484 g/mol. The molecule has 0 spiro atoms. The van der Waals surface area contributed by atoms with E-state index in [2.05, 4.69) is 5.32 Å². The van der Waals surface area contributed by atoms with Gasteiger partial charge in [-0.3, -0.25) is 19.3 Å². The molecule has 33 heavy (non-hydrogen) atoms. The number of carbonyl (C=O) groups is 3. The molecule has 172 valence electrons. The van der Waals surface area contributed by atoms with Gasteiger partial charge in [-0.05, 0) is 67.5 Å². The highest BCUT2D eigenvalue weighted by Crippen LogP contribution is 2.26. The Bertz CT molecular complexity index is 1070. The number of hydrogen-bond acceptors (Lipinski definition) is 4. The summed E-state index contributed by atoms with van der Waals surface area (Å²) in [5.41, 5.74) is 2.43. The fraction of sp³-hybridized carbons (Fsp3) is 0.333. The van der Waals surface area contributed by atoms with Crippen LogP contribution in [0.1, 0.15) is 31.7 Å². The Hall–Kier alpha value is -2.97. The predicted molar refractivity (Wildman–Crippen MR) is 132 cm³/mol. The van der Waals surface area contributed by atoms with E-state index in [1.807, 2.05) is 31.2 Å². The van der Waals surface area contributed by atoms with E-state index in [1.54, 1.807) is 34.1 Å². The van der Waals surface area contributed by atoms with Crippen molar-refractivity contribution >= 4 is 58.0 Å². The predicted octanol–water partition coefficient (Wildman–Crippen LogP) is 3.81. The summed E-state index contributed by atoms with van der Waals surface area (Å²) in [6.07, 6.45) is 1.44. The SMILES string of the molecule is CCN1C(=O)C(CC(=O)Nc2ccc(Cl)cc2)N(Cc2ccc(N3CCCC3=O)cc2)C1=S. The molecule has 1 N–H and O–H groups in total. The number of hydrogen-bond donors (Lipinski definition) is 1. The van der Waals surface area contributed by atoms with Crippen molar-refractivity contribution in [2.45, 2.75) is 38.8 Å². The van der Waals surface area contributed by atoms with E-state index in [1.165, 1.54) is 4.90 Å². The zero-order chi connectivity index (χ0) is 23.5. The van der Waals surface area contributed by atoms with Crippen LogP contribution in [-0.4, -0.2) is 51.8 Å². The number of thiocarbonyl (C=S) groups is 1. The number of nitrogens with zero attached hydrogens (tertiary/aromatic N) is 3. The molecule has 0 radical (unpaired) electrons. The maximum Gasteiger partial charge on any atom is 0.252 e. The molecule has 3 amide bonds. The topological polar surface area (TPSA) is 73.0 Å². The van der Waals surface area contributed by atoms with E-state index in [-0.39, 0.29) is 24.1 Å². The summed E-state index contributed by atoms with van der Waals surface area (Å²) in [5.74, 6) is -0.309. The lowest BCUT2D eigenvalue weighted by molar-refractivity contribution is -0.130. The lowest BCUT2D eigenvalue weighted by atomic mass is 10.1. The number of likely N-dealkylation sites (N-methyl/N-ethyl adjacent to an activating group) is 1. The molecular formula is C24H25ClN4O3S. The van der Waals surface area contributed by atoms with E-state index >= 15 is 0 Å². The van der Waals surface area contributed by atoms with Crippen molar-refractivity contribution in [1.82, 2.24) is 9.80 Å². The van der Waals surface area contributed by atoms with Crippen molar-refractivity contribution in [3.8, 4) is 0 Å². The Labute approximate surface area is 203 Å². The smallest absolute Gasteiger partial charge is 0.252 e. The Balaban J connectivity index is 1.47. The number of rotatable bonds is 7. The van der Waals surface area contributed by atoms with Gasteiger partial charge < -0.3 is 15.1 Å². The van der Waals surface area contributed by atoms with Crippen LogP contribution in [0.4, 0.5) is 11.4 Å². The highest BCUT2D eigenvalue weighted by atomic mass is 35.5. The molecule has 2 heterocycles. The van der Waals surface area contributed by atoms with Crippen molar-refractivity contribution in [1.29, 1.82) is 0 Å². The normalized spacial score (nSPS) is 18.4. The first-order valence-corrected chi connectivity index (χ1v) is 11.7. The quantitative estimate of drug-likeness (QED) is 0.605. The third-order valence-corrected chi connectivity index (χ3v) is 6.61. The third kappa shape index (κ3) is 5.02. The Morgan fingerprint density at radius 3 is 2.42 bits per heavy atom. The third-order valence-electron chi connectivity index (χ3n) is 5.90. The van der Waals surface area contributed by atoms with Crippen molar-refractivity contribution in [3.63, 3.8) is 0 Å². The maximum absolute atomic E-state index is 13.0. The van der Waals surface area contributed by atoms with Gasteiger partial charge in [0, 0.05) is 42.5 Å². The van der Waals surface area contributed by atoms with Gasteiger partial charge in [0.25, 0.3) is 5.91 Å². The molecular weight excluding hydrogens is 460 g/mol. The molecule has 7 nitrogen and oxygen atoms in total. The summed E-state index contributed by atoms with van der Waals surface area (Å²) in [6.45, 7) is 3.44. The number of carbonyl (C=O) groups excluding carboxylic acids is 3. The van der Waals surface area contributed by atoms with Crippen LogP contribution in [-0.2, 0) is 20.9 Å². The van der Waals surface area contributed by atoms with Gasteiger partial charge in [-0.2, -0.15) is 0 Å². The second kappa shape index (κ2) is 9.89. The van der Waals surface area contributed by atoms with Crippen LogP contribution in [0.25, 0.3) is 0 Å². The molecule has 2 aromatic carbocycles.